The zero-order valence-corrected chi connectivity index (χ0v) is 12.2. The second kappa shape index (κ2) is 5.55. The first-order valence-electron chi connectivity index (χ1n) is 6.69. The summed E-state index contributed by atoms with van der Waals surface area (Å²) in [6.07, 6.45) is 0.744. The number of fused-ring (bicyclic) bond motifs is 1. The van der Waals surface area contributed by atoms with Crippen LogP contribution < -0.4 is 0 Å². The van der Waals surface area contributed by atoms with E-state index in [-0.39, 0.29) is 4.90 Å². The number of aldehydes is 1. The molecule has 0 saturated carbocycles. The third kappa shape index (κ3) is 2.46. The molecular formula is C15H15NO4S. The number of nitrogens with zero attached hydrogens (tertiary/aromatic N) is 1. The molecule has 2 aromatic rings. The van der Waals surface area contributed by atoms with Crippen LogP contribution in [0, 0.1) is 0 Å². The van der Waals surface area contributed by atoms with Gasteiger partial charge in [-0.05, 0) is 17.5 Å². The van der Waals surface area contributed by atoms with Crippen molar-refractivity contribution in [2.24, 2.45) is 0 Å². The molecule has 0 aromatic heterocycles. The number of benzene rings is 2. The summed E-state index contributed by atoms with van der Waals surface area (Å²) < 4.78 is 32.2. The Hall–Kier alpha value is -1.76. The average molecular weight is 305 g/mol. The smallest absolute Gasteiger partial charge is 0.243 e. The third-order valence-electron chi connectivity index (χ3n) is 3.63. The quantitative estimate of drug-likeness (QED) is 0.809. The SMILES string of the molecule is O=Cc1ccc(S(=O)(=O)N2CCOCC2)c2ccccc12. The Kier molecular flexibility index (Phi) is 3.75. The van der Waals surface area contributed by atoms with Crippen LogP contribution in [0.5, 0.6) is 0 Å². The van der Waals surface area contributed by atoms with E-state index in [1.807, 2.05) is 0 Å². The molecule has 0 amide bonds. The van der Waals surface area contributed by atoms with Gasteiger partial charge in [-0.15, -0.1) is 0 Å². The molecule has 0 bridgehead atoms. The summed E-state index contributed by atoms with van der Waals surface area (Å²) in [4.78, 5) is 11.3. The highest BCUT2D eigenvalue weighted by Gasteiger charge is 2.28. The van der Waals surface area contributed by atoms with Crippen molar-refractivity contribution < 1.29 is 17.9 Å². The Morgan fingerprint density at radius 3 is 2.33 bits per heavy atom. The van der Waals surface area contributed by atoms with Gasteiger partial charge in [-0.3, -0.25) is 4.79 Å². The van der Waals surface area contributed by atoms with E-state index in [2.05, 4.69) is 0 Å². The van der Waals surface area contributed by atoms with Crippen molar-refractivity contribution in [3.63, 3.8) is 0 Å². The highest BCUT2D eigenvalue weighted by atomic mass is 32.2. The van der Waals surface area contributed by atoms with Crippen LogP contribution in [0.2, 0.25) is 0 Å². The minimum atomic E-state index is -3.58. The van der Waals surface area contributed by atoms with Gasteiger partial charge in [0.25, 0.3) is 0 Å². The van der Waals surface area contributed by atoms with Crippen LogP contribution in [0.25, 0.3) is 10.8 Å². The Morgan fingerprint density at radius 2 is 1.67 bits per heavy atom. The number of carbonyl (C=O) groups is 1. The van der Waals surface area contributed by atoms with Gasteiger partial charge in [0.15, 0.2) is 6.29 Å². The monoisotopic (exact) mass is 305 g/mol. The van der Waals surface area contributed by atoms with E-state index < -0.39 is 10.0 Å². The first kappa shape index (κ1) is 14.2. The predicted octanol–water partition coefficient (Wildman–Crippen LogP) is 1.67. The lowest BCUT2D eigenvalue weighted by atomic mass is 10.1. The number of ether oxygens (including phenoxy) is 1. The molecule has 0 aliphatic carbocycles. The Bertz CT molecular complexity index is 779. The molecule has 1 aliphatic rings. The van der Waals surface area contributed by atoms with Gasteiger partial charge in [0.1, 0.15) is 0 Å². The van der Waals surface area contributed by atoms with Gasteiger partial charge in [-0.25, -0.2) is 8.42 Å². The van der Waals surface area contributed by atoms with E-state index in [0.29, 0.717) is 42.6 Å². The first-order chi connectivity index (χ1) is 10.1. The molecule has 1 fully saturated rings. The first-order valence-corrected chi connectivity index (χ1v) is 8.13. The van der Waals surface area contributed by atoms with Gasteiger partial charge >= 0.3 is 0 Å². The molecule has 1 saturated heterocycles. The fraction of sp³-hybridized carbons (Fsp3) is 0.267. The molecule has 0 spiro atoms. The Labute approximate surface area is 123 Å². The lowest BCUT2D eigenvalue weighted by molar-refractivity contribution is 0.0730. The molecule has 21 heavy (non-hydrogen) atoms. The maximum absolute atomic E-state index is 12.8. The van der Waals surface area contributed by atoms with E-state index in [1.54, 1.807) is 30.3 Å². The second-order valence-corrected chi connectivity index (χ2v) is 6.74. The highest BCUT2D eigenvalue weighted by molar-refractivity contribution is 7.89. The van der Waals surface area contributed by atoms with Crippen molar-refractivity contribution in [2.75, 3.05) is 26.3 Å². The molecular weight excluding hydrogens is 290 g/mol. The van der Waals surface area contributed by atoms with Gasteiger partial charge in [-0.1, -0.05) is 24.3 Å². The number of carbonyl (C=O) groups excluding carboxylic acids is 1. The van der Waals surface area contributed by atoms with Crippen LogP contribution in [0.4, 0.5) is 0 Å². The maximum atomic E-state index is 12.8. The molecule has 6 heteroatoms. The van der Waals surface area contributed by atoms with Crippen molar-refractivity contribution in [2.45, 2.75) is 4.90 Å². The summed E-state index contributed by atoms with van der Waals surface area (Å²) in [6, 6.07) is 10.1. The minimum Gasteiger partial charge on any atom is -0.379 e. The number of sulfonamides is 1. The summed E-state index contributed by atoms with van der Waals surface area (Å²) in [7, 11) is -3.58. The van der Waals surface area contributed by atoms with Crippen molar-refractivity contribution >= 4 is 27.1 Å². The van der Waals surface area contributed by atoms with Gasteiger partial charge in [0.2, 0.25) is 10.0 Å². The molecule has 0 unspecified atom stereocenters. The molecule has 1 heterocycles. The third-order valence-corrected chi connectivity index (χ3v) is 5.59. The molecule has 110 valence electrons. The molecule has 0 atom stereocenters. The van der Waals surface area contributed by atoms with Gasteiger partial charge in [0.05, 0.1) is 18.1 Å². The molecule has 5 nitrogen and oxygen atoms in total. The number of morpholine rings is 1. The minimum absolute atomic E-state index is 0.241. The standard InChI is InChI=1S/C15H15NO4S/c17-11-12-5-6-15(14-4-2-1-3-13(12)14)21(18,19)16-7-9-20-10-8-16/h1-6,11H,7-10H2. The van der Waals surface area contributed by atoms with Gasteiger partial charge < -0.3 is 4.74 Å². The fourth-order valence-electron chi connectivity index (χ4n) is 2.55. The largest absolute Gasteiger partial charge is 0.379 e. The van der Waals surface area contributed by atoms with Crippen LogP contribution in [-0.2, 0) is 14.8 Å². The van der Waals surface area contributed by atoms with E-state index in [0.717, 1.165) is 6.29 Å². The van der Waals surface area contributed by atoms with Crippen LogP contribution in [0.1, 0.15) is 10.4 Å². The highest BCUT2D eigenvalue weighted by Crippen LogP contribution is 2.28. The summed E-state index contributed by atoms with van der Waals surface area (Å²) in [5.41, 5.74) is 0.492. The van der Waals surface area contributed by atoms with Crippen LogP contribution in [0.3, 0.4) is 0 Å². The average Bonchev–Trinajstić information content (AvgIpc) is 2.54. The molecule has 0 radical (unpaired) electrons. The summed E-state index contributed by atoms with van der Waals surface area (Å²) in [5, 5.41) is 1.23. The molecule has 2 aromatic carbocycles. The predicted molar refractivity (Wildman–Crippen MR) is 78.9 cm³/mol. The van der Waals surface area contributed by atoms with E-state index in [9.17, 15) is 13.2 Å². The van der Waals surface area contributed by atoms with Crippen LogP contribution in [0.15, 0.2) is 41.3 Å². The van der Waals surface area contributed by atoms with Crippen LogP contribution in [-0.4, -0.2) is 45.3 Å². The summed E-state index contributed by atoms with van der Waals surface area (Å²) in [6.45, 7) is 1.52. The summed E-state index contributed by atoms with van der Waals surface area (Å²) in [5.74, 6) is 0. The van der Waals surface area contributed by atoms with E-state index in [1.165, 1.54) is 10.4 Å². The summed E-state index contributed by atoms with van der Waals surface area (Å²) >= 11 is 0. The lowest BCUT2D eigenvalue weighted by Gasteiger charge is -2.26. The molecule has 3 rings (SSSR count). The Morgan fingerprint density at radius 1 is 1.00 bits per heavy atom. The van der Waals surface area contributed by atoms with Crippen molar-refractivity contribution in [1.29, 1.82) is 0 Å². The molecule has 0 N–H and O–H groups in total. The topological polar surface area (TPSA) is 63.7 Å². The van der Waals surface area contributed by atoms with Crippen molar-refractivity contribution in [3.8, 4) is 0 Å². The van der Waals surface area contributed by atoms with Crippen molar-refractivity contribution in [1.82, 2.24) is 4.31 Å². The zero-order valence-electron chi connectivity index (χ0n) is 11.4. The van der Waals surface area contributed by atoms with Gasteiger partial charge in [-0.2, -0.15) is 4.31 Å². The number of hydrogen-bond acceptors (Lipinski definition) is 4. The maximum Gasteiger partial charge on any atom is 0.243 e. The van der Waals surface area contributed by atoms with Crippen molar-refractivity contribution in [3.05, 3.63) is 42.0 Å². The normalized spacial score (nSPS) is 17.0. The fourth-order valence-corrected chi connectivity index (χ4v) is 4.15. The second-order valence-electron chi connectivity index (χ2n) is 4.83. The number of hydrogen-bond donors (Lipinski definition) is 0. The zero-order chi connectivity index (χ0) is 14.9. The Balaban J connectivity index is 2.18. The van der Waals surface area contributed by atoms with E-state index in [4.69, 9.17) is 4.74 Å². The van der Waals surface area contributed by atoms with E-state index >= 15 is 0 Å². The van der Waals surface area contributed by atoms with Crippen LogP contribution >= 0.6 is 0 Å². The van der Waals surface area contributed by atoms with Gasteiger partial charge in [0, 0.05) is 24.0 Å². The molecule has 1 aliphatic heterocycles. The number of rotatable bonds is 3. The lowest BCUT2D eigenvalue weighted by Crippen LogP contribution is -2.40.